The van der Waals surface area contributed by atoms with E-state index >= 15 is 0 Å². The van der Waals surface area contributed by atoms with Crippen LogP contribution in [0.15, 0.2) is 23.2 Å². The fourth-order valence-electron chi connectivity index (χ4n) is 1.30. The summed E-state index contributed by atoms with van der Waals surface area (Å²) in [4.78, 5) is 5.57. The maximum absolute atomic E-state index is 5.90. The SMILES string of the molecule is CC[C@H](N)c1ccc(SCCCOC)cn1. The van der Waals surface area contributed by atoms with Crippen LogP contribution in [0.2, 0.25) is 0 Å². The largest absolute Gasteiger partial charge is 0.385 e. The summed E-state index contributed by atoms with van der Waals surface area (Å²) in [6.45, 7) is 2.89. The third-order valence-electron chi connectivity index (χ3n) is 2.34. The molecule has 0 amide bonds. The van der Waals surface area contributed by atoms with Crippen LogP contribution in [0.3, 0.4) is 0 Å². The highest BCUT2D eigenvalue weighted by Crippen LogP contribution is 2.19. The molecule has 1 atom stereocenters. The normalized spacial score (nSPS) is 12.7. The van der Waals surface area contributed by atoms with Crippen molar-refractivity contribution in [2.45, 2.75) is 30.7 Å². The van der Waals surface area contributed by atoms with Crippen LogP contribution in [0.1, 0.15) is 31.5 Å². The van der Waals surface area contributed by atoms with E-state index < -0.39 is 0 Å². The molecule has 0 bridgehead atoms. The van der Waals surface area contributed by atoms with E-state index in [4.69, 9.17) is 10.5 Å². The van der Waals surface area contributed by atoms with E-state index in [0.29, 0.717) is 0 Å². The Kier molecular flexibility index (Phi) is 6.45. The average Bonchev–Trinajstić information content (AvgIpc) is 2.34. The van der Waals surface area contributed by atoms with Crippen molar-refractivity contribution in [3.8, 4) is 0 Å². The number of thioether (sulfide) groups is 1. The molecule has 0 saturated heterocycles. The van der Waals surface area contributed by atoms with Crippen LogP contribution in [0, 0.1) is 0 Å². The molecule has 90 valence electrons. The molecule has 3 nitrogen and oxygen atoms in total. The molecule has 0 saturated carbocycles. The molecular weight excluding hydrogens is 220 g/mol. The summed E-state index contributed by atoms with van der Waals surface area (Å²) in [6.07, 6.45) is 3.90. The minimum Gasteiger partial charge on any atom is -0.385 e. The van der Waals surface area contributed by atoms with E-state index in [0.717, 1.165) is 30.9 Å². The molecule has 0 unspecified atom stereocenters. The molecule has 0 radical (unpaired) electrons. The topological polar surface area (TPSA) is 48.1 Å². The van der Waals surface area contributed by atoms with Gasteiger partial charge in [-0.25, -0.2) is 0 Å². The number of ether oxygens (including phenoxy) is 1. The summed E-state index contributed by atoms with van der Waals surface area (Å²) in [6, 6.07) is 4.18. The summed E-state index contributed by atoms with van der Waals surface area (Å²) in [5.41, 5.74) is 6.87. The fraction of sp³-hybridized carbons (Fsp3) is 0.583. The quantitative estimate of drug-likeness (QED) is 0.588. The predicted molar refractivity (Wildman–Crippen MR) is 68.7 cm³/mol. The Hall–Kier alpha value is -0.580. The van der Waals surface area contributed by atoms with E-state index in [1.807, 2.05) is 12.3 Å². The van der Waals surface area contributed by atoms with E-state index in [1.165, 1.54) is 4.90 Å². The van der Waals surface area contributed by atoms with Gasteiger partial charge >= 0.3 is 0 Å². The summed E-state index contributed by atoms with van der Waals surface area (Å²) in [7, 11) is 1.73. The van der Waals surface area contributed by atoms with E-state index in [2.05, 4.69) is 18.0 Å². The summed E-state index contributed by atoms with van der Waals surface area (Å²) >= 11 is 1.81. The molecule has 2 N–H and O–H groups in total. The van der Waals surface area contributed by atoms with Crippen LogP contribution in [-0.2, 0) is 4.74 Å². The monoisotopic (exact) mass is 240 g/mol. The number of nitrogens with zero attached hydrogens (tertiary/aromatic N) is 1. The highest BCUT2D eigenvalue weighted by atomic mass is 32.2. The lowest BCUT2D eigenvalue weighted by molar-refractivity contribution is 0.200. The van der Waals surface area contributed by atoms with Crippen molar-refractivity contribution in [1.29, 1.82) is 0 Å². The molecular formula is C12H20N2OS. The Morgan fingerprint density at radius 3 is 2.88 bits per heavy atom. The van der Waals surface area contributed by atoms with Crippen LogP contribution in [0.25, 0.3) is 0 Å². The van der Waals surface area contributed by atoms with Gasteiger partial charge in [0.05, 0.1) is 5.69 Å². The van der Waals surface area contributed by atoms with Crippen LogP contribution < -0.4 is 5.73 Å². The zero-order valence-corrected chi connectivity index (χ0v) is 10.8. The zero-order valence-electron chi connectivity index (χ0n) is 9.98. The smallest absolute Gasteiger partial charge is 0.0571 e. The number of hydrogen-bond donors (Lipinski definition) is 1. The first-order valence-corrected chi connectivity index (χ1v) is 6.59. The van der Waals surface area contributed by atoms with Gasteiger partial charge in [0, 0.05) is 36.6 Å². The van der Waals surface area contributed by atoms with Gasteiger partial charge in [-0.15, -0.1) is 11.8 Å². The second kappa shape index (κ2) is 7.65. The minimum atomic E-state index is 0.0625. The molecule has 0 aromatic carbocycles. The zero-order chi connectivity index (χ0) is 11.8. The Balaban J connectivity index is 2.39. The van der Waals surface area contributed by atoms with Gasteiger partial charge in [0.1, 0.15) is 0 Å². The Labute approximate surface area is 102 Å². The molecule has 1 rings (SSSR count). The maximum Gasteiger partial charge on any atom is 0.0571 e. The molecule has 16 heavy (non-hydrogen) atoms. The van der Waals surface area contributed by atoms with Gasteiger partial charge in [0.2, 0.25) is 0 Å². The van der Waals surface area contributed by atoms with E-state index in [1.54, 1.807) is 18.9 Å². The van der Waals surface area contributed by atoms with Crippen molar-refractivity contribution in [1.82, 2.24) is 4.98 Å². The van der Waals surface area contributed by atoms with Gasteiger partial charge in [0.25, 0.3) is 0 Å². The van der Waals surface area contributed by atoms with Gasteiger partial charge in [-0.1, -0.05) is 6.92 Å². The molecule has 4 heteroatoms. The van der Waals surface area contributed by atoms with Crippen molar-refractivity contribution in [3.63, 3.8) is 0 Å². The van der Waals surface area contributed by atoms with Gasteiger partial charge < -0.3 is 10.5 Å². The Morgan fingerprint density at radius 1 is 1.50 bits per heavy atom. The molecule has 0 fully saturated rings. The van der Waals surface area contributed by atoms with Gasteiger partial charge in [0.15, 0.2) is 0 Å². The van der Waals surface area contributed by atoms with E-state index in [9.17, 15) is 0 Å². The molecule has 0 aliphatic heterocycles. The van der Waals surface area contributed by atoms with Crippen LogP contribution in [0.4, 0.5) is 0 Å². The van der Waals surface area contributed by atoms with Crippen molar-refractivity contribution in [3.05, 3.63) is 24.0 Å². The predicted octanol–water partition coefficient (Wildman–Crippen LogP) is 2.62. The first kappa shape index (κ1) is 13.5. The molecule has 1 aromatic heterocycles. The molecule has 0 aliphatic carbocycles. The molecule has 1 heterocycles. The summed E-state index contributed by atoms with van der Waals surface area (Å²) < 4.78 is 5.00. The lowest BCUT2D eigenvalue weighted by Gasteiger charge is -2.08. The number of methoxy groups -OCH3 is 1. The lowest BCUT2D eigenvalue weighted by Crippen LogP contribution is -2.10. The number of aromatic nitrogens is 1. The molecule has 0 spiro atoms. The summed E-state index contributed by atoms with van der Waals surface area (Å²) in [5.74, 6) is 1.06. The first-order valence-electron chi connectivity index (χ1n) is 5.61. The standard InChI is InChI=1S/C12H20N2OS/c1-3-11(13)12-6-5-10(9-14-12)16-8-4-7-15-2/h5-6,9,11H,3-4,7-8,13H2,1-2H3/t11-/m0/s1. The lowest BCUT2D eigenvalue weighted by atomic mass is 10.1. The second-order valence-electron chi connectivity index (χ2n) is 3.63. The van der Waals surface area contributed by atoms with Crippen LogP contribution in [-0.4, -0.2) is 24.5 Å². The minimum absolute atomic E-state index is 0.0625. The maximum atomic E-state index is 5.90. The molecule has 0 aliphatic rings. The van der Waals surface area contributed by atoms with Crippen LogP contribution in [0.5, 0.6) is 0 Å². The van der Waals surface area contributed by atoms with Gasteiger partial charge in [-0.3, -0.25) is 4.98 Å². The number of hydrogen-bond acceptors (Lipinski definition) is 4. The molecule has 1 aromatic rings. The Bertz CT molecular complexity index is 290. The highest BCUT2D eigenvalue weighted by Gasteiger charge is 2.04. The Morgan fingerprint density at radius 2 is 2.31 bits per heavy atom. The number of pyridine rings is 1. The van der Waals surface area contributed by atoms with Crippen molar-refractivity contribution >= 4 is 11.8 Å². The fourth-order valence-corrected chi connectivity index (χ4v) is 2.09. The van der Waals surface area contributed by atoms with Crippen molar-refractivity contribution in [2.75, 3.05) is 19.5 Å². The number of rotatable bonds is 7. The second-order valence-corrected chi connectivity index (χ2v) is 4.80. The van der Waals surface area contributed by atoms with E-state index in [-0.39, 0.29) is 6.04 Å². The first-order chi connectivity index (χ1) is 7.77. The van der Waals surface area contributed by atoms with Crippen molar-refractivity contribution < 1.29 is 4.74 Å². The average molecular weight is 240 g/mol. The third-order valence-corrected chi connectivity index (χ3v) is 3.41. The third kappa shape index (κ3) is 4.51. The number of nitrogens with two attached hydrogens (primary N) is 1. The summed E-state index contributed by atoms with van der Waals surface area (Å²) in [5, 5.41) is 0. The van der Waals surface area contributed by atoms with Crippen molar-refractivity contribution in [2.24, 2.45) is 5.73 Å². The van der Waals surface area contributed by atoms with Gasteiger partial charge in [-0.2, -0.15) is 0 Å². The highest BCUT2D eigenvalue weighted by molar-refractivity contribution is 7.99. The van der Waals surface area contributed by atoms with Crippen LogP contribution >= 0.6 is 11.8 Å². The van der Waals surface area contributed by atoms with Gasteiger partial charge in [-0.05, 0) is 25.0 Å².